The molecular formula is C6H10N2O2. The van der Waals surface area contributed by atoms with Gasteiger partial charge in [0.1, 0.15) is 0 Å². The predicted molar refractivity (Wildman–Crippen MR) is 34.6 cm³/mol. The van der Waals surface area contributed by atoms with Gasteiger partial charge in [0.05, 0.1) is 0 Å². The molecule has 1 saturated carbocycles. The zero-order chi connectivity index (χ0) is 7.72. The van der Waals surface area contributed by atoms with Crippen molar-refractivity contribution in [1.82, 2.24) is 0 Å². The molecule has 56 valence electrons. The average Bonchev–Trinajstić information content (AvgIpc) is 2.43. The molecule has 0 aliphatic heterocycles. The molecular weight excluding hydrogens is 132 g/mol. The lowest BCUT2D eigenvalue weighted by Gasteiger charge is -1.90. The first-order chi connectivity index (χ1) is 4.61. The number of primary amides is 2. The van der Waals surface area contributed by atoms with Crippen LogP contribution in [0.4, 0.5) is 0 Å². The van der Waals surface area contributed by atoms with Crippen LogP contribution in [0.1, 0.15) is 12.8 Å². The van der Waals surface area contributed by atoms with Gasteiger partial charge in [-0.1, -0.05) is 0 Å². The molecule has 0 spiro atoms. The van der Waals surface area contributed by atoms with Crippen LogP contribution in [0.15, 0.2) is 0 Å². The second-order valence-electron chi connectivity index (χ2n) is 2.68. The summed E-state index contributed by atoms with van der Waals surface area (Å²) in [6.45, 7) is 0. The number of rotatable bonds is 3. The normalized spacial score (nSPS) is 29.6. The van der Waals surface area contributed by atoms with E-state index in [0.717, 1.165) is 6.42 Å². The highest BCUT2D eigenvalue weighted by Gasteiger charge is 2.42. The van der Waals surface area contributed by atoms with Gasteiger partial charge in [-0.2, -0.15) is 0 Å². The van der Waals surface area contributed by atoms with Crippen molar-refractivity contribution in [2.45, 2.75) is 12.8 Å². The van der Waals surface area contributed by atoms with Crippen molar-refractivity contribution in [1.29, 1.82) is 0 Å². The number of nitrogens with two attached hydrogens (primary N) is 2. The largest absolute Gasteiger partial charge is 0.370 e. The van der Waals surface area contributed by atoms with Gasteiger partial charge in [0.25, 0.3) is 0 Å². The van der Waals surface area contributed by atoms with Crippen molar-refractivity contribution >= 4 is 11.8 Å². The fourth-order valence-electron chi connectivity index (χ4n) is 1.08. The molecule has 1 aliphatic carbocycles. The molecule has 4 nitrogen and oxygen atoms in total. The standard InChI is InChI=1S/C6H10N2O2/c7-5(9)2-3-1-4(3)6(8)10/h3-4H,1-2H2,(H2,7,9)(H2,8,10). The third-order valence-electron chi connectivity index (χ3n) is 1.75. The highest BCUT2D eigenvalue weighted by molar-refractivity contribution is 5.82. The van der Waals surface area contributed by atoms with Gasteiger partial charge >= 0.3 is 0 Å². The molecule has 0 aromatic heterocycles. The van der Waals surface area contributed by atoms with E-state index in [2.05, 4.69) is 0 Å². The van der Waals surface area contributed by atoms with Crippen molar-refractivity contribution < 1.29 is 9.59 Å². The highest BCUT2D eigenvalue weighted by atomic mass is 16.1. The summed E-state index contributed by atoms with van der Waals surface area (Å²) in [4.78, 5) is 20.7. The van der Waals surface area contributed by atoms with Crippen LogP contribution in [0.25, 0.3) is 0 Å². The van der Waals surface area contributed by atoms with E-state index in [9.17, 15) is 9.59 Å². The third kappa shape index (κ3) is 1.46. The Balaban J connectivity index is 2.26. The topological polar surface area (TPSA) is 86.2 Å². The molecule has 1 fully saturated rings. The van der Waals surface area contributed by atoms with E-state index in [4.69, 9.17) is 11.5 Å². The predicted octanol–water partition coefficient (Wildman–Crippen LogP) is -1.02. The monoisotopic (exact) mass is 142 g/mol. The van der Waals surface area contributed by atoms with Gasteiger partial charge in [-0.25, -0.2) is 0 Å². The maximum atomic E-state index is 10.4. The fourth-order valence-corrected chi connectivity index (χ4v) is 1.08. The fraction of sp³-hybridized carbons (Fsp3) is 0.667. The Morgan fingerprint density at radius 2 is 2.00 bits per heavy atom. The van der Waals surface area contributed by atoms with E-state index >= 15 is 0 Å². The minimum absolute atomic E-state index is 0.0903. The van der Waals surface area contributed by atoms with Crippen molar-refractivity contribution in [2.24, 2.45) is 23.3 Å². The van der Waals surface area contributed by atoms with Gasteiger partial charge in [0.15, 0.2) is 0 Å². The average molecular weight is 142 g/mol. The summed E-state index contributed by atoms with van der Waals surface area (Å²) in [7, 11) is 0. The first-order valence-electron chi connectivity index (χ1n) is 3.19. The van der Waals surface area contributed by atoms with Gasteiger partial charge in [-0.3, -0.25) is 9.59 Å². The second-order valence-corrected chi connectivity index (χ2v) is 2.68. The lowest BCUT2D eigenvalue weighted by molar-refractivity contribution is -0.120. The van der Waals surface area contributed by atoms with Crippen LogP contribution < -0.4 is 11.5 Å². The van der Waals surface area contributed by atoms with Gasteiger partial charge in [-0.15, -0.1) is 0 Å². The zero-order valence-corrected chi connectivity index (χ0v) is 5.54. The number of carbonyl (C=O) groups is 2. The summed E-state index contributed by atoms with van der Waals surface area (Å²) >= 11 is 0. The van der Waals surface area contributed by atoms with Gasteiger partial charge in [0.2, 0.25) is 11.8 Å². The molecule has 1 rings (SSSR count). The van der Waals surface area contributed by atoms with Crippen molar-refractivity contribution in [2.75, 3.05) is 0 Å². The number of amides is 2. The zero-order valence-electron chi connectivity index (χ0n) is 5.54. The maximum Gasteiger partial charge on any atom is 0.220 e. The van der Waals surface area contributed by atoms with Crippen molar-refractivity contribution in [3.8, 4) is 0 Å². The molecule has 2 unspecified atom stereocenters. The molecule has 0 saturated heterocycles. The molecule has 0 aromatic rings. The lowest BCUT2D eigenvalue weighted by Crippen LogP contribution is -2.17. The van der Waals surface area contributed by atoms with Crippen molar-refractivity contribution in [3.05, 3.63) is 0 Å². The van der Waals surface area contributed by atoms with E-state index in [-0.39, 0.29) is 23.7 Å². The lowest BCUT2D eigenvalue weighted by atomic mass is 10.2. The van der Waals surface area contributed by atoms with Gasteiger partial charge in [-0.05, 0) is 12.3 Å². The van der Waals surface area contributed by atoms with E-state index in [1.54, 1.807) is 0 Å². The molecule has 10 heavy (non-hydrogen) atoms. The molecule has 2 atom stereocenters. The third-order valence-corrected chi connectivity index (χ3v) is 1.75. The Bertz CT molecular complexity index is 179. The number of hydrogen-bond acceptors (Lipinski definition) is 2. The second kappa shape index (κ2) is 2.28. The van der Waals surface area contributed by atoms with Crippen LogP contribution >= 0.6 is 0 Å². The van der Waals surface area contributed by atoms with Crippen molar-refractivity contribution in [3.63, 3.8) is 0 Å². The summed E-state index contributed by atoms with van der Waals surface area (Å²) in [5.74, 6) is -0.623. The molecule has 2 amide bonds. The van der Waals surface area contributed by atoms with E-state index in [1.807, 2.05) is 0 Å². The molecule has 1 aliphatic rings. The van der Waals surface area contributed by atoms with Gasteiger partial charge < -0.3 is 11.5 Å². The molecule has 4 N–H and O–H groups in total. The van der Waals surface area contributed by atoms with Crippen LogP contribution in [0.5, 0.6) is 0 Å². The molecule has 0 bridgehead atoms. The summed E-state index contributed by atoms with van der Waals surface area (Å²) in [6, 6.07) is 0. The van der Waals surface area contributed by atoms with E-state index in [0.29, 0.717) is 6.42 Å². The van der Waals surface area contributed by atoms with Gasteiger partial charge in [0, 0.05) is 12.3 Å². The minimum Gasteiger partial charge on any atom is -0.370 e. The summed E-state index contributed by atoms with van der Waals surface area (Å²) in [5.41, 5.74) is 9.88. The van der Waals surface area contributed by atoms with Crippen LogP contribution in [0.3, 0.4) is 0 Å². The minimum atomic E-state index is -0.353. The number of hydrogen-bond donors (Lipinski definition) is 2. The Morgan fingerprint density at radius 1 is 1.40 bits per heavy atom. The highest BCUT2D eigenvalue weighted by Crippen LogP contribution is 2.40. The Kier molecular flexibility index (Phi) is 1.61. The van der Waals surface area contributed by atoms with Crippen LogP contribution in [-0.4, -0.2) is 11.8 Å². The van der Waals surface area contributed by atoms with Crippen LogP contribution in [0, 0.1) is 11.8 Å². The summed E-state index contributed by atoms with van der Waals surface area (Å²) < 4.78 is 0. The summed E-state index contributed by atoms with van der Waals surface area (Å²) in [5, 5.41) is 0. The van der Waals surface area contributed by atoms with E-state index in [1.165, 1.54) is 0 Å². The Labute approximate surface area is 58.6 Å². The SMILES string of the molecule is NC(=O)CC1CC1C(N)=O. The first-order valence-corrected chi connectivity index (χ1v) is 3.19. The summed E-state index contributed by atoms with van der Waals surface area (Å²) in [6.07, 6.45) is 1.03. The smallest absolute Gasteiger partial charge is 0.220 e. The maximum absolute atomic E-state index is 10.4. The first kappa shape index (κ1) is 7.05. The number of carbonyl (C=O) groups excluding carboxylic acids is 2. The molecule has 4 heteroatoms. The molecule has 0 aromatic carbocycles. The molecule has 0 radical (unpaired) electrons. The quantitative estimate of drug-likeness (QED) is 0.528. The van der Waals surface area contributed by atoms with Crippen LogP contribution in [-0.2, 0) is 9.59 Å². The Hall–Kier alpha value is -1.06. The van der Waals surface area contributed by atoms with Crippen LogP contribution in [0.2, 0.25) is 0 Å². The van der Waals surface area contributed by atoms with E-state index < -0.39 is 0 Å². The Morgan fingerprint density at radius 3 is 2.30 bits per heavy atom. The molecule has 0 heterocycles.